The Labute approximate surface area is 141 Å². The van der Waals surface area contributed by atoms with Crippen LogP contribution in [0.1, 0.15) is 0 Å². The Hall–Kier alpha value is -1.35. The van der Waals surface area contributed by atoms with Gasteiger partial charge in [-0.15, -0.1) is 0 Å². The van der Waals surface area contributed by atoms with E-state index in [-0.39, 0.29) is 28.2 Å². The summed E-state index contributed by atoms with van der Waals surface area (Å²) in [5.41, 5.74) is 0. The summed E-state index contributed by atoms with van der Waals surface area (Å²) in [6.45, 7) is 2.11. The van der Waals surface area contributed by atoms with Crippen molar-refractivity contribution >= 4 is 27.5 Å². The Morgan fingerprint density at radius 3 is 2.52 bits per heavy atom. The van der Waals surface area contributed by atoms with Crippen LogP contribution in [0.15, 0.2) is 23.1 Å². The lowest BCUT2D eigenvalue weighted by atomic mass is 10.3. The number of halogens is 1. The molecule has 1 aromatic carbocycles. The number of hydrogen-bond donors (Lipinski definition) is 1. The quantitative estimate of drug-likeness (QED) is 0.821. The van der Waals surface area contributed by atoms with Gasteiger partial charge in [0.05, 0.1) is 9.92 Å². The van der Waals surface area contributed by atoms with E-state index in [0.717, 1.165) is 0 Å². The van der Waals surface area contributed by atoms with Gasteiger partial charge in [0.2, 0.25) is 10.0 Å². The Kier molecular flexibility index (Phi) is 5.85. The minimum Gasteiger partial charge on any atom is -0.482 e. The van der Waals surface area contributed by atoms with Gasteiger partial charge in [-0.1, -0.05) is 11.6 Å². The third-order valence-corrected chi connectivity index (χ3v) is 5.83. The highest BCUT2D eigenvalue weighted by atomic mass is 35.5. The SMILES string of the molecule is CNC(=O)COc1ccc(S(=O)(=O)N2CCN(C)CC2)cc1Cl. The zero-order valence-corrected chi connectivity index (χ0v) is 14.7. The van der Waals surface area contributed by atoms with E-state index in [9.17, 15) is 13.2 Å². The first-order chi connectivity index (χ1) is 10.8. The van der Waals surface area contributed by atoms with Crippen LogP contribution in [0.2, 0.25) is 5.02 Å². The summed E-state index contributed by atoms with van der Waals surface area (Å²) < 4.78 is 31.9. The smallest absolute Gasteiger partial charge is 0.257 e. The average molecular weight is 362 g/mol. The molecule has 0 saturated carbocycles. The van der Waals surface area contributed by atoms with Crippen LogP contribution in [0.25, 0.3) is 0 Å². The number of carbonyl (C=O) groups is 1. The van der Waals surface area contributed by atoms with Crippen molar-refractivity contribution in [2.24, 2.45) is 0 Å². The van der Waals surface area contributed by atoms with E-state index in [1.54, 1.807) is 0 Å². The molecule has 0 spiro atoms. The van der Waals surface area contributed by atoms with Crippen molar-refractivity contribution in [3.63, 3.8) is 0 Å². The van der Waals surface area contributed by atoms with Gasteiger partial charge in [-0.3, -0.25) is 4.79 Å². The van der Waals surface area contributed by atoms with E-state index < -0.39 is 10.0 Å². The van der Waals surface area contributed by atoms with Crippen molar-refractivity contribution in [2.45, 2.75) is 4.90 Å². The number of ether oxygens (including phenoxy) is 1. The molecule has 1 fully saturated rings. The standard InChI is InChI=1S/C14H20ClN3O4S/c1-16-14(19)10-22-13-4-3-11(9-12(13)15)23(20,21)18-7-5-17(2)6-8-18/h3-4,9H,5-8,10H2,1-2H3,(H,16,19). The lowest BCUT2D eigenvalue weighted by molar-refractivity contribution is -0.122. The summed E-state index contributed by atoms with van der Waals surface area (Å²) in [4.78, 5) is 13.4. The molecular formula is C14H20ClN3O4S. The Morgan fingerprint density at radius 1 is 1.30 bits per heavy atom. The van der Waals surface area contributed by atoms with Crippen LogP contribution in [0.4, 0.5) is 0 Å². The number of nitrogens with one attached hydrogen (secondary N) is 1. The maximum absolute atomic E-state index is 12.6. The fourth-order valence-electron chi connectivity index (χ4n) is 2.15. The largest absolute Gasteiger partial charge is 0.482 e. The van der Waals surface area contributed by atoms with E-state index in [2.05, 4.69) is 10.2 Å². The highest BCUT2D eigenvalue weighted by molar-refractivity contribution is 7.89. The molecule has 0 aliphatic carbocycles. The number of carbonyl (C=O) groups excluding carboxylic acids is 1. The van der Waals surface area contributed by atoms with Gasteiger partial charge in [-0.05, 0) is 25.2 Å². The average Bonchev–Trinajstić information content (AvgIpc) is 2.53. The maximum atomic E-state index is 12.6. The first-order valence-corrected chi connectivity index (χ1v) is 8.98. The minimum atomic E-state index is -3.57. The summed E-state index contributed by atoms with van der Waals surface area (Å²) in [7, 11) is -0.116. The lowest BCUT2D eigenvalue weighted by Crippen LogP contribution is -2.47. The number of likely N-dealkylation sites (N-methyl/N-ethyl adjacent to an activating group) is 2. The third-order valence-electron chi connectivity index (χ3n) is 3.64. The molecule has 7 nitrogen and oxygen atoms in total. The third kappa shape index (κ3) is 4.35. The molecule has 0 atom stereocenters. The molecular weight excluding hydrogens is 342 g/mol. The van der Waals surface area contributed by atoms with Gasteiger partial charge in [0.15, 0.2) is 6.61 Å². The van der Waals surface area contributed by atoms with Gasteiger partial charge in [0.25, 0.3) is 5.91 Å². The van der Waals surface area contributed by atoms with Crippen molar-refractivity contribution in [2.75, 3.05) is 46.9 Å². The second-order valence-corrected chi connectivity index (χ2v) is 7.61. The monoisotopic (exact) mass is 361 g/mol. The number of piperazine rings is 1. The molecule has 1 aromatic rings. The van der Waals surface area contributed by atoms with E-state index in [0.29, 0.717) is 26.2 Å². The number of hydrogen-bond acceptors (Lipinski definition) is 5. The van der Waals surface area contributed by atoms with Crippen molar-refractivity contribution < 1.29 is 17.9 Å². The summed E-state index contributed by atoms with van der Waals surface area (Å²) >= 11 is 6.08. The molecule has 1 amide bonds. The van der Waals surface area contributed by atoms with E-state index >= 15 is 0 Å². The van der Waals surface area contributed by atoms with Gasteiger partial charge in [0.1, 0.15) is 5.75 Å². The molecule has 1 N–H and O–H groups in total. The van der Waals surface area contributed by atoms with Crippen LogP contribution < -0.4 is 10.1 Å². The number of nitrogens with zero attached hydrogens (tertiary/aromatic N) is 2. The van der Waals surface area contributed by atoms with Crippen LogP contribution in [0, 0.1) is 0 Å². The Balaban J connectivity index is 2.14. The molecule has 9 heteroatoms. The normalized spacial score (nSPS) is 17.0. The van der Waals surface area contributed by atoms with Gasteiger partial charge < -0.3 is 15.0 Å². The van der Waals surface area contributed by atoms with Crippen LogP contribution in [-0.4, -0.2) is 70.4 Å². The first kappa shape index (κ1) is 18.0. The zero-order valence-electron chi connectivity index (χ0n) is 13.1. The predicted octanol–water partition coefficient (Wildman–Crippen LogP) is 0.401. The van der Waals surface area contributed by atoms with Crippen molar-refractivity contribution in [1.82, 2.24) is 14.5 Å². The predicted molar refractivity (Wildman–Crippen MR) is 87.3 cm³/mol. The molecule has 0 unspecified atom stereocenters. The fraction of sp³-hybridized carbons (Fsp3) is 0.500. The second kappa shape index (κ2) is 7.48. The fourth-order valence-corrected chi connectivity index (χ4v) is 3.90. The van der Waals surface area contributed by atoms with Gasteiger partial charge >= 0.3 is 0 Å². The van der Waals surface area contributed by atoms with Crippen molar-refractivity contribution in [3.8, 4) is 5.75 Å². The highest BCUT2D eigenvalue weighted by Gasteiger charge is 2.28. The molecule has 0 radical (unpaired) electrons. The highest BCUT2D eigenvalue weighted by Crippen LogP contribution is 2.29. The number of rotatable bonds is 5. The van der Waals surface area contributed by atoms with E-state index in [1.165, 1.54) is 29.6 Å². The van der Waals surface area contributed by atoms with E-state index in [1.807, 2.05) is 7.05 Å². The van der Waals surface area contributed by atoms with E-state index in [4.69, 9.17) is 16.3 Å². The lowest BCUT2D eigenvalue weighted by Gasteiger charge is -2.31. The molecule has 23 heavy (non-hydrogen) atoms. The van der Waals surface area contributed by atoms with Crippen LogP contribution in [0.3, 0.4) is 0 Å². The molecule has 0 bridgehead atoms. The van der Waals surface area contributed by atoms with Crippen LogP contribution in [0.5, 0.6) is 5.75 Å². The van der Waals surface area contributed by atoms with Crippen LogP contribution >= 0.6 is 11.6 Å². The van der Waals surface area contributed by atoms with Crippen molar-refractivity contribution in [3.05, 3.63) is 23.2 Å². The number of benzene rings is 1. The number of sulfonamides is 1. The zero-order chi connectivity index (χ0) is 17.0. The topological polar surface area (TPSA) is 78.9 Å². The molecule has 1 aliphatic rings. The summed E-state index contributed by atoms with van der Waals surface area (Å²) in [5, 5.41) is 2.58. The Morgan fingerprint density at radius 2 is 1.96 bits per heavy atom. The maximum Gasteiger partial charge on any atom is 0.257 e. The van der Waals surface area contributed by atoms with Gasteiger partial charge in [0, 0.05) is 33.2 Å². The molecule has 128 valence electrons. The summed E-state index contributed by atoms with van der Waals surface area (Å²) in [5.74, 6) is -0.0252. The van der Waals surface area contributed by atoms with Gasteiger partial charge in [-0.2, -0.15) is 4.31 Å². The summed E-state index contributed by atoms with van der Waals surface area (Å²) in [6.07, 6.45) is 0. The van der Waals surface area contributed by atoms with Gasteiger partial charge in [-0.25, -0.2) is 8.42 Å². The Bertz CT molecular complexity index is 673. The molecule has 0 aromatic heterocycles. The molecule has 1 heterocycles. The second-order valence-electron chi connectivity index (χ2n) is 5.26. The minimum absolute atomic E-state index is 0.124. The first-order valence-electron chi connectivity index (χ1n) is 7.16. The van der Waals surface area contributed by atoms with Crippen LogP contribution in [-0.2, 0) is 14.8 Å². The molecule has 2 rings (SSSR count). The molecule has 1 saturated heterocycles. The van der Waals surface area contributed by atoms with Crippen molar-refractivity contribution in [1.29, 1.82) is 0 Å². The summed E-state index contributed by atoms with van der Waals surface area (Å²) in [6, 6.07) is 4.27. The number of amides is 1. The molecule has 1 aliphatic heterocycles.